The lowest BCUT2D eigenvalue weighted by atomic mass is 10.2. The minimum Gasteiger partial charge on any atom is -0.350 e. The van der Waals surface area contributed by atoms with E-state index in [1.807, 2.05) is 48.5 Å². The van der Waals surface area contributed by atoms with Gasteiger partial charge in [0.05, 0.1) is 0 Å². The van der Waals surface area contributed by atoms with Crippen LogP contribution in [0.2, 0.25) is 5.02 Å². The third-order valence-electron chi connectivity index (χ3n) is 3.58. The third-order valence-corrected chi connectivity index (χ3v) is 3.95. The highest BCUT2D eigenvalue weighted by Crippen LogP contribution is 2.14. The summed E-state index contributed by atoms with van der Waals surface area (Å²) >= 11 is 6.09. The molecule has 0 aliphatic carbocycles. The zero-order valence-corrected chi connectivity index (χ0v) is 14.2. The van der Waals surface area contributed by atoms with E-state index in [0.29, 0.717) is 29.8 Å². The van der Waals surface area contributed by atoms with Gasteiger partial charge in [-0.05, 0) is 23.3 Å². The van der Waals surface area contributed by atoms with E-state index in [1.54, 1.807) is 18.3 Å². The average molecular weight is 353 g/mol. The summed E-state index contributed by atoms with van der Waals surface area (Å²) in [4.78, 5) is 20.7. The molecule has 2 N–H and O–H groups in total. The predicted molar refractivity (Wildman–Crippen MR) is 98.4 cm³/mol. The van der Waals surface area contributed by atoms with Gasteiger partial charge in [0.15, 0.2) is 0 Å². The summed E-state index contributed by atoms with van der Waals surface area (Å²) in [6.07, 6.45) is 1.56. The molecule has 3 rings (SSSR count). The van der Waals surface area contributed by atoms with Crippen LogP contribution in [0, 0.1) is 0 Å². The second-order valence-corrected chi connectivity index (χ2v) is 5.79. The van der Waals surface area contributed by atoms with E-state index >= 15 is 0 Å². The summed E-state index contributed by atoms with van der Waals surface area (Å²) in [5.74, 6) is 0.138. The lowest BCUT2D eigenvalue weighted by Gasteiger charge is -2.08. The number of nitrogens with zero attached hydrogens (tertiary/aromatic N) is 2. The molecule has 1 aromatic heterocycles. The van der Waals surface area contributed by atoms with E-state index in [1.165, 1.54) is 0 Å². The van der Waals surface area contributed by atoms with Crippen LogP contribution < -0.4 is 10.6 Å². The van der Waals surface area contributed by atoms with Crippen molar-refractivity contribution in [2.75, 3.05) is 5.32 Å². The van der Waals surface area contributed by atoms with E-state index in [4.69, 9.17) is 11.6 Å². The molecule has 0 bridgehead atoms. The van der Waals surface area contributed by atoms with E-state index in [0.717, 1.165) is 11.1 Å². The van der Waals surface area contributed by atoms with Crippen LogP contribution in [0.3, 0.4) is 0 Å². The molecule has 0 aliphatic heterocycles. The molecule has 5 nitrogen and oxygen atoms in total. The summed E-state index contributed by atoms with van der Waals surface area (Å²) in [5.41, 5.74) is 2.27. The van der Waals surface area contributed by atoms with Crippen LogP contribution >= 0.6 is 11.6 Å². The summed E-state index contributed by atoms with van der Waals surface area (Å²) < 4.78 is 0. The molecular formula is C19H17ClN4O. The van der Waals surface area contributed by atoms with Gasteiger partial charge in [-0.25, -0.2) is 9.97 Å². The van der Waals surface area contributed by atoms with Crippen molar-refractivity contribution in [2.24, 2.45) is 0 Å². The number of hydrogen-bond donors (Lipinski definition) is 2. The van der Waals surface area contributed by atoms with E-state index in [-0.39, 0.29) is 5.91 Å². The number of anilines is 1. The smallest absolute Gasteiger partial charge is 0.270 e. The van der Waals surface area contributed by atoms with Crippen LogP contribution in [-0.2, 0) is 13.1 Å². The maximum absolute atomic E-state index is 12.3. The molecule has 1 heterocycles. The van der Waals surface area contributed by atoms with Gasteiger partial charge in [-0.15, -0.1) is 0 Å². The topological polar surface area (TPSA) is 66.9 Å². The Labute approximate surface area is 151 Å². The minimum atomic E-state index is -0.273. The highest BCUT2D eigenvalue weighted by atomic mass is 35.5. The first-order valence-electron chi connectivity index (χ1n) is 7.85. The monoisotopic (exact) mass is 352 g/mol. The number of carbonyl (C=O) groups excluding carboxylic acids is 1. The molecule has 0 fully saturated rings. The van der Waals surface area contributed by atoms with Gasteiger partial charge in [0.2, 0.25) is 5.95 Å². The van der Waals surface area contributed by atoms with Crippen molar-refractivity contribution >= 4 is 23.5 Å². The first kappa shape index (κ1) is 16.9. The first-order valence-corrected chi connectivity index (χ1v) is 8.22. The number of amides is 1. The van der Waals surface area contributed by atoms with Crippen LogP contribution in [-0.4, -0.2) is 15.9 Å². The van der Waals surface area contributed by atoms with Crippen molar-refractivity contribution in [3.63, 3.8) is 0 Å². The fourth-order valence-electron chi connectivity index (χ4n) is 2.26. The Kier molecular flexibility index (Phi) is 5.59. The van der Waals surface area contributed by atoms with Crippen molar-refractivity contribution in [3.05, 3.63) is 88.7 Å². The highest BCUT2D eigenvalue weighted by molar-refractivity contribution is 6.31. The molecule has 0 saturated heterocycles. The molecule has 126 valence electrons. The van der Waals surface area contributed by atoms with E-state index in [2.05, 4.69) is 20.6 Å². The van der Waals surface area contributed by atoms with Gasteiger partial charge < -0.3 is 10.6 Å². The molecule has 6 heteroatoms. The highest BCUT2D eigenvalue weighted by Gasteiger charge is 2.09. The minimum absolute atomic E-state index is 0.273. The summed E-state index contributed by atoms with van der Waals surface area (Å²) in [7, 11) is 0. The number of halogens is 1. The Morgan fingerprint density at radius 2 is 1.72 bits per heavy atom. The van der Waals surface area contributed by atoms with E-state index < -0.39 is 0 Å². The van der Waals surface area contributed by atoms with Crippen molar-refractivity contribution in [1.82, 2.24) is 15.3 Å². The fourth-order valence-corrected chi connectivity index (χ4v) is 2.46. The molecule has 0 unspecified atom stereocenters. The molecule has 0 aliphatic rings. The lowest BCUT2D eigenvalue weighted by Crippen LogP contribution is -2.24. The molecular weight excluding hydrogens is 336 g/mol. The number of rotatable bonds is 6. The van der Waals surface area contributed by atoms with Gasteiger partial charge in [-0.2, -0.15) is 0 Å². The molecule has 25 heavy (non-hydrogen) atoms. The Morgan fingerprint density at radius 3 is 2.52 bits per heavy atom. The van der Waals surface area contributed by atoms with E-state index in [9.17, 15) is 4.79 Å². The fraction of sp³-hybridized carbons (Fsp3) is 0.105. The zero-order valence-electron chi connectivity index (χ0n) is 13.4. The van der Waals surface area contributed by atoms with Crippen LogP contribution in [0.15, 0.2) is 66.9 Å². The van der Waals surface area contributed by atoms with Gasteiger partial charge in [-0.1, -0.05) is 60.1 Å². The summed E-state index contributed by atoms with van der Waals surface area (Å²) in [6, 6.07) is 18.9. The molecule has 0 radical (unpaired) electrons. The van der Waals surface area contributed by atoms with Crippen molar-refractivity contribution < 1.29 is 4.79 Å². The van der Waals surface area contributed by atoms with Crippen LogP contribution in [0.1, 0.15) is 21.6 Å². The maximum atomic E-state index is 12.3. The zero-order chi connectivity index (χ0) is 17.5. The molecule has 2 aromatic carbocycles. The second-order valence-electron chi connectivity index (χ2n) is 5.38. The largest absolute Gasteiger partial charge is 0.350 e. The average Bonchev–Trinajstić information content (AvgIpc) is 2.66. The predicted octanol–water partition coefficient (Wildman–Crippen LogP) is 3.67. The van der Waals surface area contributed by atoms with Crippen molar-refractivity contribution in [3.8, 4) is 0 Å². The van der Waals surface area contributed by atoms with Crippen LogP contribution in [0.5, 0.6) is 0 Å². The SMILES string of the molecule is O=C(NCc1ccccc1Cl)c1ccnc(NCc2ccccc2)n1. The molecule has 3 aromatic rings. The lowest BCUT2D eigenvalue weighted by molar-refractivity contribution is 0.0946. The Morgan fingerprint density at radius 1 is 0.960 bits per heavy atom. The quantitative estimate of drug-likeness (QED) is 0.710. The number of carbonyl (C=O) groups is 1. The molecule has 1 amide bonds. The third kappa shape index (κ3) is 4.78. The van der Waals surface area contributed by atoms with Gasteiger partial charge in [0.25, 0.3) is 5.91 Å². The number of benzene rings is 2. The van der Waals surface area contributed by atoms with Crippen LogP contribution in [0.4, 0.5) is 5.95 Å². The normalized spacial score (nSPS) is 10.3. The second kappa shape index (κ2) is 8.26. The van der Waals surface area contributed by atoms with Gasteiger partial charge in [0.1, 0.15) is 5.69 Å². The Balaban J connectivity index is 1.60. The Hall–Kier alpha value is -2.92. The van der Waals surface area contributed by atoms with Crippen molar-refractivity contribution in [2.45, 2.75) is 13.1 Å². The number of nitrogens with one attached hydrogen (secondary N) is 2. The molecule has 0 saturated carbocycles. The summed E-state index contributed by atoms with van der Waals surface area (Å²) in [5, 5.41) is 6.55. The maximum Gasteiger partial charge on any atom is 0.270 e. The van der Waals surface area contributed by atoms with Gasteiger partial charge in [0, 0.05) is 24.3 Å². The van der Waals surface area contributed by atoms with Gasteiger partial charge in [-0.3, -0.25) is 4.79 Å². The van der Waals surface area contributed by atoms with Crippen LogP contribution in [0.25, 0.3) is 0 Å². The Bertz CT molecular complexity index is 855. The first-order chi connectivity index (χ1) is 12.2. The standard InChI is InChI=1S/C19H17ClN4O/c20-16-9-5-4-8-15(16)13-22-18(25)17-10-11-21-19(24-17)23-12-14-6-2-1-3-7-14/h1-11H,12-13H2,(H,22,25)(H,21,23,24). The van der Waals surface area contributed by atoms with Gasteiger partial charge >= 0.3 is 0 Å². The number of aromatic nitrogens is 2. The molecule has 0 atom stereocenters. The number of hydrogen-bond acceptors (Lipinski definition) is 4. The molecule has 0 spiro atoms. The summed E-state index contributed by atoms with van der Waals surface area (Å²) in [6.45, 7) is 0.931. The van der Waals surface area contributed by atoms with Crippen molar-refractivity contribution in [1.29, 1.82) is 0 Å².